The van der Waals surface area contributed by atoms with Gasteiger partial charge in [0.25, 0.3) is 0 Å². The number of methoxy groups -OCH3 is 2. The molecule has 0 aliphatic heterocycles. The number of carbonyl (C=O) groups is 3. The minimum absolute atomic E-state index is 0.0742. The zero-order valence-corrected chi connectivity index (χ0v) is 15.2. The Labute approximate surface area is 152 Å². The van der Waals surface area contributed by atoms with Crippen molar-refractivity contribution in [2.75, 3.05) is 20.8 Å². The van der Waals surface area contributed by atoms with Crippen LogP contribution in [0.4, 0.5) is 0 Å². The van der Waals surface area contributed by atoms with Crippen LogP contribution in [-0.2, 0) is 19.1 Å². The van der Waals surface area contributed by atoms with Crippen molar-refractivity contribution in [1.29, 1.82) is 0 Å². The summed E-state index contributed by atoms with van der Waals surface area (Å²) in [6, 6.07) is 4.24. The zero-order valence-electron chi connectivity index (χ0n) is 15.2. The van der Waals surface area contributed by atoms with Gasteiger partial charge in [0.15, 0.2) is 11.5 Å². The number of carboxylic acid groups (broad SMARTS) is 1. The molecule has 0 bridgehead atoms. The maximum Gasteiger partial charge on any atom is 0.306 e. The predicted molar refractivity (Wildman–Crippen MR) is 93.2 cm³/mol. The van der Waals surface area contributed by atoms with Crippen LogP contribution in [0.25, 0.3) is 0 Å². The standard InChI is InChI=1S/C18H25NO7/c1-4-9-26-14-6-5-12(10-15(14)24-2)13(11-17(21)22)19-16(20)7-8-18(23)25-3/h5-6,10,13H,4,7-9,11H2,1-3H3,(H,19,20)(H,21,22). The third-order valence-electron chi connectivity index (χ3n) is 3.55. The third kappa shape index (κ3) is 7.00. The first-order valence-corrected chi connectivity index (χ1v) is 8.29. The van der Waals surface area contributed by atoms with E-state index < -0.39 is 23.9 Å². The van der Waals surface area contributed by atoms with Crippen molar-refractivity contribution in [3.8, 4) is 11.5 Å². The molecule has 2 N–H and O–H groups in total. The van der Waals surface area contributed by atoms with Crippen LogP contribution in [0.15, 0.2) is 18.2 Å². The molecule has 0 heterocycles. The van der Waals surface area contributed by atoms with E-state index in [2.05, 4.69) is 10.1 Å². The third-order valence-corrected chi connectivity index (χ3v) is 3.55. The molecule has 1 amide bonds. The largest absolute Gasteiger partial charge is 0.493 e. The van der Waals surface area contributed by atoms with Gasteiger partial charge < -0.3 is 24.6 Å². The van der Waals surface area contributed by atoms with Crippen LogP contribution in [0.2, 0.25) is 0 Å². The molecule has 0 radical (unpaired) electrons. The summed E-state index contributed by atoms with van der Waals surface area (Å²) in [7, 11) is 2.72. The van der Waals surface area contributed by atoms with Gasteiger partial charge in [-0.05, 0) is 24.1 Å². The summed E-state index contributed by atoms with van der Waals surface area (Å²) >= 11 is 0. The highest BCUT2D eigenvalue weighted by molar-refractivity contribution is 5.82. The highest BCUT2D eigenvalue weighted by atomic mass is 16.5. The second-order valence-corrected chi connectivity index (χ2v) is 5.55. The quantitative estimate of drug-likeness (QED) is 0.576. The summed E-state index contributed by atoms with van der Waals surface area (Å²) in [6.45, 7) is 2.51. The number of rotatable bonds is 11. The van der Waals surface area contributed by atoms with Crippen LogP contribution in [0, 0.1) is 0 Å². The van der Waals surface area contributed by atoms with E-state index in [4.69, 9.17) is 14.6 Å². The summed E-state index contributed by atoms with van der Waals surface area (Å²) < 4.78 is 15.3. The molecule has 26 heavy (non-hydrogen) atoms. The van der Waals surface area contributed by atoms with E-state index in [0.717, 1.165) is 6.42 Å². The normalized spacial score (nSPS) is 11.3. The minimum atomic E-state index is -1.06. The number of esters is 1. The van der Waals surface area contributed by atoms with Crippen molar-refractivity contribution in [2.45, 2.75) is 38.6 Å². The molecule has 8 nitrogen and oxygen atoms in total. The van der Waals surface area contributed by atoms with Crippen molar-refractivity contribution < 1.29 is 33.7 Å². The molecule has 1 aromatic rings. The van der Waals surface area contributed by atoms with E-state index in [0.29, 0.717) is 23.7 Å². The number of hydrogen-bond acceptors (Lipinski definition) is 6. The molecule has 1 aromatic carbocycles. The predicted octanol–water partition coefficient (Wildman–Crippen LogP) is 2.07. The number of benzene rings is 1. The zero-order chi connectivity index (χ0) is 19.5. The Kier molecular flexibility index (Phi) is 8.97. The van der Waals surface area contributed by atoms with Crippen LogP contribution in [0.3, 0.4) is 0 Å². The van der Waals surface area contributed by atoms with Gasteiger partial charge in [0.1, 0.15) is 0 Å². The Balaban J connectivity index is 2.92. The van der Waals surface area contributed by atoms with Gasteiger partial charge in [0, 0.05) is 6.42 Å². The molecular formula is C18H25NO7. The highest BCUT2D eigenvalue weighted by Crippen LogP contribution is 2.31. The first-order chi connectivity index (χ1) is 12.4. The topological polar surface area (TPSA) is 111 Å². The van der Waals surface area contributed by atoms with Gasteiger partial charge in [0.2, 0.25) is 5.91 Å². The lowest BCUT2D eigenvalue weighted by atomic mass is 10.0. The molecule has 0 spiro atoms. The molecule has 0 saturated carbocycles. The molecule has 144 valence electrons. The second kappa shape index (κ2) is 11.0. The van der Waals surface area contributed by atoms with Gasteiger partial charge >= 0.3 is 11.9 Å². The van der Waals surface area contributed by atoms with Crippen molar-refractivity contribution in [3.05, 3.63) is 23.8 Å². The SMILES string of the molecule is CCCOc1ccc(C(CC(=O)O)NC(=O)CCC(=O)OC)cc1OC. The molecule has 1 atom stereocenters. The fraction of sp³-hybridized carbons (Fsp3) is 0.500. The molecule has 8 heteroatoms. The Morgan fingerprint density at radius 3 is 2.46 bits per heavy atom. The van der Waals surface area contributed by atoms with Crippen LogP contribution in [-0.4, -0.2) is 43.8 Å². The molecule has 0 saturated heterocycles. The lowest BCUT2D eigenvalue weighted by molar-refractivity contribution is -0.142. The first kappa shape index (κ1) is 21.3. The number of hydrogen-bond donors (Lipinski definition) is 2. The monoisotopic (exact) mass is 367 g/mol. The summed E-state index contributed by atoms with van der Waals surface area (Å²) in [5.41, 5.74) is 0.569. The van der Waals surface area contributed by atoms with Gasteiger partial charge in [-0.3, -0.25) is 14.4 Å². The molecule has 1 unspecified atom stereocenters. The average Bonchev–Trinajstić information content (AvgIpc) is 2.63. The Morgan fingerprint density at radius 2 is 1.88 bits per heavy atom. The van der Waals surface area contributed by atoms with Crippen LogP contribution in [0.1, 0.15) is 44.2 Å². The van der Waals surface area contributed by atoms with E-state index in [1.165, 1.54) is 14.2 Å². The molecule has 1 rings (SSSR count). The number of carboxylic acids is 1. The minimum Gasteiger partial charge on any atom is -0.493 e. The van der Waals surface area contributed by atoms with Crippen LogP contribution >= 0.6 is 0 Å². The van der Waals surface area contributed by atoms with Crippen molar-refractivity contribution in [3.63, 3.8) is 0 Å². The molecule has 0 aliphatic rings. The van der Waals surface area contributed by atoms with E-state index in [-0.39, 0.29) is 19.3 Å². The van der Waals surface area contributed by atoms with E-state index in [9.17, 15) is 14.4 Å². The number of ether oxygens (including phenoxy) is 3. The van der Waals surface area contributed by atoms with E-state index in [1.54, 1.807) is 18.2 Å². The lowest BCUT2D eigenvalue weighted by Crippen LogP contribution is -2.30. The van der Waals surface area contributed by atoms with Crippen molar-refractivity contribution in [2.24, 2.45) is 0 Å². The number of nitrogens with one attached hydrogen (secondary N) is 1. The van der Waals surface area contributed by atoms with Crippen LogP contribution in [0.5, 0.6) is 11.5 Å². The maximum absolute atomic E-state index is 12.0. The average molecular weight is 367 g/mol. The summed E-state index contributed by atoms with van der Waals surface area (Å²) in [4.78, 5) is 34.3. The fourth-order valence-electron chi connectivity index (χ4n) is 2.24. The van der Waals surface area contributed by atoms with Gasteiger partial charge in [-0.1, -0.05) is 13.0 Å². The van der Waals surface area contributed by atoms with Gasteiger partial charge in [-0.15, -0.1) is 0 Å². The van der Waals surface area contributed by atoms with Gasteiger partial charge in [-0.2, -0.15) is 0 Å². The first-order valence-electron chi connectivity index (χ1n) is 8.29. The van der Waals surface area contributed by atoms with Gasteiger partial charge in [0.05, 0.1) is 39.7 Å². The smallest absolute Gasteiger partial charge is 0.306 e. The highest BCUT2D eigenvalue weighted by Gasteiger charge is 2.20. The fourth-order valence-corrected chi connectivity index (χ4v) is 2.24. The van der Waals surface area contributed by atoms with E-state index >= 15 is 0 Å². The van der Waals surface area contributed by atoms with Crippen molar-refractivity contribution in [1.82, 2.24) is 5.32 Å². The number of amides is 1. The van der Waals surface area contributed by atoms with Gasteiger partial charge in [-0.25, -0.2) is 0 Å². The van der Waals surface area contributed by atoms with Crippen molar-refractivity contribution >= 4 is 17.8 Å². The van der Waals surface area contributed by atoms with Crippen LogP contribution < -0.4 is 14.8 Å². The Hall–Kier alpha value is -2.77. The summed E-state index contributed by atoms with van der Waals surface area (Å²) in [5, 5.41) is 11.8. The van der Waals surface area contributed by atoms with E-state index in [1.807, 2.05) is 6.92 Å². The molecule has 0 aromatic heterocycles. The number of carbonyl (C=O) groups excluding carboxylic acids is 2. The summed E-state index contributed by atoms with van der Waals surface area (Å²) in [5.74, 6) is -1.01. The second-order valence-electron chi connectivity index (χ2n) is 5.55. The summed E-state index contributed by atoms with van der Waals surface area (Å²) in [6.07, 6.45) is 0.373. The number of aliphatic carboxylic acids is 1. The lowest BCUT2D eigenvalue weighted by Gasteiger charge is -2.19. The molecule has 0 aliphatic carbocycles. The maximum atomic E-state index is 12.0. The molecular weight excluding hydrogens is 342 g/mol. The Bertz CT molecular complexity index is 630. The molecule has 0 fully saturated rings. The Morgan fingerprint density at radius 1 is 1.15 bits per heavy atom.